The monoisotopic (exact) mass is 209 g/mol. The van der Waals surface area contributed by atoms with Crippen LogP contribution in [0.15, 0.2) is 24.3 Å². The van der Waals surface area contributed by atoms with Crippen molar-refractivity contribution in [3.05, 3.63) is 29.8 Å². The molecule has 0 unspecified atom stereocenters. The Morgan fingerprint density at radius 3 is 2.53 bits per heavy atom. The largest absolute Gasteiger partial charge is 0.508 e. The summed E-state index contributed by atoms with van der Waals surface area (Å²) in [5, 5.41) is 22.0. The van der Waals surface area contributed by atoms with Crippen molar-refractivity contribution in [2.75, 3.05) is 6.61 Å². The van der Waals surface area contributed by atoms with E-state index in [1.807, 2.05) is 26.0 Å². The number of aromatic hydroxyl groups is 1. The third-order valence-electron chi connectivity index (χ3n) is 2.60. The lowest BCUT2D eigenvalue weighted by Crippen LogP contribution is -2.33. The van der Waals surface area contributed by atoms with Crippen LogP contribution in [-0.4, -0.2) is 22.9 Å². The Balaban J connectivity index is 2.68. The van der Waals surface area contributed by atoms with Gasteiger partial charge in [0.25, 0.3) is 0 Å². The van der Waals surface area contributed by atoms with Crippen molar-refractivity contribution in [2.24, 2.45) is 0 Å². The van der Waals surface area contributed by atoms with Crippen LogP contribution < -0.4 is 5.32 Å². The fourth-order valence-corrected chi connectivity index (χ4v) is 1.60. The van der Waals surface area contributed by atoms with Crippen LogP contribution in [0.5, 0.6) is 5.75 Å². The van der Waals surface area contributed by atoms with E-state index in [4.69, 9.17) is 5.11 Å². The zero-order chi connectivity index (χ0) is 11.3. The molecular weight excluding hydrogens is 190 g/mol. The van der Waals surface area contributed by atoms with Gasteiger partial charge in [-0.1, -0.05) is 25.1 Å². The van der Waals surface area contributed by atoms with E-state index in [1.54, 1.807) is 12.1 Å². The van der Waals surface area contributed by atoms with Crippen LogP contribution in [0.3, 0.4) is 0 Å². The molecule has 0 fully saturated rings. The zero-order valence-corrected chi connectivity index (χ0v) is 9.27. The van der Waals surface area contributed by atoms with Gasteiger partial charge in [0.15, 0.2) is 0 Å². The number of para-hydroxylation sites is 1. The van der Waals surface area contributed by atoms with Crippen LogP contribution >= 0.6 is 0 Å². The molecule has 0 saturated carbocycles. The first kappa shape index (κ1) is 12.0. The fraction of sp³-hybridized carbons (Fsp3) is 0.500. The van der Waals surface area contributed by atoms with E-state index in [0.29, 0.717) is 5.75 Å². The van der Waals surface area contributed by atoms with Gasteiger partial charge in [-0.3, -0.25) is 0 Å². The number of hydrogen-bond donors (Lipinski definition) is 3. The first-order valence-corrected chi connectivity index (χ1v) is 5.33. The number of hydrogen-bond acceptors (Lipinski definition) is 3. The number of phenolic OH excluding ortho intramolecular Hbond substituents is 1. The molecule has 0 aliphatic carbocycles. The number of nitrogens with one attached hydrogen (secondary N) is 1. The van der Waals surface area contributed by atoms with Crippen molar-refractivity contribution in [1.82, 2.24) is 5.32 Å². The lowest BCUT2D eigenvalue weighted by Gasteiger charge is -2.21. The lowest BCUT2D eigenvalue weighted by molar-refractivity contribution is 0.229. The Morgan fingerprint density at radius 2 is 2.00 bits per heavy atom. The summed E-state index contributed by atoms with van der Waals surface area (Å²) in [6.45, 7) is 4.12. The number of benzene rings is 1. The molecule has 0 aliphatic heterocycles. The maximum absolute atomic E-state index is 9.64. The molecule has 0 bridgehead atoms. The van der Waals surface area contributed by atoms with Crippen LogP contribution in [0, 0.1) is 0 Å². The highest BCUT2D eigenvalue weighted by Gasteiger charge is 2.13. The van der Waals surface area contributed by atoms with Crippen molar-refractivity contribution in [1.29, 1.82) is 0 Å². The van der Waals surface area contributed by atoms with E-state index in [-0.39, 0.29) is 18.7 Å². The SMILES string of the molecule is CC[C@H](CO)N[C@H](C)c1ccccc1O. The van der Waals surface area contributed by atoms with Crippen molar-refractivity contribution in [3.8, 4) is 5.75 Å². The highest BCUT2D eigenvalue weighted by atomic mass is 16.3. The second kappa shape index (κ2) is 5.73. The Morgan fingerprint density at radius 1 is 1.33 bits per heavy atom. The molecule has 1 rings (SSSR count). The molecule has 84 valence electrons. The van der Waals surface area contributed by atoms with Crippen LogP contribution in [0.25, 0.3) is 0 Å². The van der Waals surface area contributed by atoms with Gasteiger partial charge in [0, 0.05) is 17.6 Å². The average Bonchev–Trinajstić information content (AvgIpc) is 2.26. The Hall–Kier alpha value is -1.06. The highest BCUT2D eigenvalue weighted by Crippen LogP contribution is 2.23. The maximum atomic E-state index is 9.64. The summed E-state index contributed by atoms with van der Waals surface area (Å²) in [5.74, 6) is 0.297. The van der Waals surface area contributed by atoms with Crippen molar-refractivity contribution >= 4 is 0 Å². The van der Waals surface area contributed by atoms with Crippen LogP contribution in [-0.2, 0) is 0 Å². The minimum absolute atomic E-state index is 0.0447. The predicted octanol–water partition coefficient (Wildman–Crippen LogP) is 1.81. The summed E-state index contributed by atoms with van der Waals surface area (Å²) in [4.78, 5) is 0. The van der Waals surface area contributed by atoms with Gasteiger partial charge in [0.2, 0.25) is 0 Å². The zero-order valence-electron chi connectivity index (χ0n) is 9.27. The van der Waals surface area contributed by atoms with Gasteiger partial charge in [-0.2, -0.15) is 0 Å². The standard InChI is InChI=1S/C12H19NO2/c1-3-10(8-14)13-9(2)11-6-4-5-7-12(11)15/h4-7,9-10,13-15H,3,8H2,1-2H3/t9-,10-/m1/s1. The van der Waals surface area contributed by atoms with E-state index < -0.39 is 0 Å². The Bertz CT molecular complexity index is 297. The smallest absolute Gasteiger partial charge is 0.120 e. The summed E-state index contributed by atoms with van der Waals surface area (Å²) in [6, 6.07) is 7.38. The molecule has 0 amide bonds. The minimum atomic E-state index is 0.0447. The molecule has 0 spiro atoms. The quantitative estimate of drug-likeness (QED) is 0.693. The molecule has 1 aromatic carbocycles. The van der Waals surface area contributed by atoms with Gasteiger partial charge < -0.3 is 15.5 Å². The molecule has 0 radical (unpaired) electrons. The van der Waals surface area contributed by atoms with E-state index in [1.165, 1.54) is 0 Å². The summed E-state index contributed by atoms with van der Waals surface area (Å²) in [6.07, 6.45) is 0.869. The molecule has 0 aromatic heterocycles. The van der Waals surface area contributed by atoms with E-state index in [9.17, 15) is 5.11 Å². The summed E-state index contributed by atoms with van der Waals surface area (Å²) >= 11 is 0. The Labute approximate surface area is 90.8 Å². The molecule has 3 nitrogen and oxygen atoms in total. The third kappa shape index (κ3) is 3.22. The van der Waals surface area contributed by atoms with Gasteiger partial charge in [-0.25, -0.2) is 0 Å². The van der Waals surface area contributed by atoms with E-state index in [0.717, 1.165) is 12.0 Å². The minimum Gasteiger partial charge on any atom is -0.508 e. The highest BCUT2D eigenvalue weighted by molar-refractivity contribution is 5.34. The topological polar surface area (TPSA) is 52.5 Å². The molecule has 3 heteroatoms. The maximum Gasteiger partial charge on any atom is 0.120 e. The van der Waals surface area contributed by atoms with Gasteiger partial charge in [-0.05, 0) is 19.4 Å². The van der Waals surface area contributed by atoms with Crippen molar-refractivity contribution in [3.63, 3.8) is 0 Å². The third-order valence-corrected chi connectivity index (χ3v) is 2.60. The number of rotatable bonds is 5. The molecule has 15 heavy (non-hydrogen) atoms. The van der Waals surface area contributed by atoms with Crippen molar-refractivity contribution in [2.45, 2.75) is 32.4 Å². The van der Waals surface area contributed by atoms with E-state index >= 15 is 0 Å². The second-order valence-electron chi connectivity index (χ2n) is 3.73. The van der Waals surface area contributed by atoms with Crippen LogP contribution in [0.1, 0.15) is 31.9 Å². The van der Waals surface area contributed by atoms with Crippen molar-refractivity contribution < 1.29 is 10.2 Å². The molecule has 0 heterocycles. The molecule has 2 atom stereocenters. The van der Waals surface area contributed by atoms with E-state index in [2.05, 4.69) is 5.32 Å². The predicted molar refractivity (Wildman–Crippen MR) is 60.8 cm³/mol. The Kier molecular flexibility index (Phi) is 4.59. The number of aliphatic hydroxyl groups excluding tert-OH is 1. The summed E-state index contributed by atoms with van der Waals surface area (Å²) < 4.78 is 0. The van der Waals surface area contributed by atoms with Gasteiger partial charge in [0.1, 0.15) is 5.75 Å². The summed E-state index contributed by atoms with van der Waals surface area (Å²) in [5.41, 5.74) is 0.865. The number of aliphatic hydroxyl groups is 1. The molecular formula is C12H19NO2. The van der Waals surface area contributed by atoms with Gasteiger partial charge >= 0.3 is 0 Å². The molecule has 1 aromatic rings. The summed E-state index contributed by atoms with van der Waals surface area (Å²) in [7, 11) is 0. The molecule has 0 aliphatic rings. The van der Waals surface area contributed by atoms with Crippen LogP contribution in [0.4, 0.5) is 0 Å². The van der Waals surface area contributed by atoms with Crippen LogP contribution in [0.2, 0.25) is 0 Å². The van der Waals surface area contributed by atoms with Gasteiger partial charge in [-0.15, -0.1) is 0 Å². The molecule has 3 N–H and O–H groups in total. The first-order chi connectivity index (χ1) is 7.19. The normalized spacial score (nSPS) is 14.9. The lowest BCUT2D eigenvalue weighted by atomic mass is 10.1. The number of phenols is 1. The average molecular weight is 209 g/mol. The first-order valence-electron chi connectivity index (χ1n) is 5.33. The fourth-order valence-electron chi connectivity index (χ4n) is 1.60. The molecule has 0 saturated heterocycles. The second-order valence-corrected chi connectivity index (χ2v) is 3.73. The van der Waals surface area contributed by atoms with Gasteiger partial charge in [0.05, 0.1) is 6.61 Å².